The summed E-state index contributed by atoms with van der Waals surface area (Å²) in [7, 11) is 1.57. The number of rotatable bonds is 3. The van der Waals surface area contributed by atoms with Crippen molar-refractivity contribution < 1.29 is 9.53 Å². The zero-order chi connectivity index (χ0) is 11.5. The van der Waals surface area contributed by atoms with Crippen molar-refractivity contribution >= 4 is 5.78 Å². The Bertz CT molecular complexity index is 353. The molecule has 3 heteroatoms. The average molecular weight is 207 g/mol. The van der Waals surface area contributed by atoms with Gasteiger partial charge in [0.15, 0.2) is 0 Å². The van der Waals surface area contributed by atoms with Gasteiger partial charge in [0.05, 0.1) is 12.8 Å². The highest BCUT2D eigenvalue weighted by Crippen LogP contribution is 2.17. The number of methoxy groups -OCH3 is 1. The van der Waals surface area contributed by atoms with E-state index in [1.165, 1.54) is 0 Å². The molecule has 0 unspecified atom stereocenters. The van der Waals surface area contributed by atoms with Crippen LogP contribution < -0.4 is 4.74 Å². The van der Waals surface area contributed by atoms with Gasteiger partial charge < -0.3 is 4.74 Å². The van der Waals surface area contributed by atoms with Crippen molar-refractivity contribution in [2.45, 2.75) is 27.2 Å². The van der Waals surface area contributed by atoms with Crippen LogP contribution in [-0.4, -0.2) is 17.9 Å². The normalized spacial score (nSPS) is 11.2. The molecular weight excluding hydrogens is 190 g/mol. The Kier molecular flexibility index (Phi) is 3.45. The van der Waals surface area contributed by atoms with Crippen LogP contribution in [-0.2, 0) is 11.2 Å². The molecule has 1 rings (SSSR count). The number of aromatic nitrogens is 1. The van der Waals surface area contributed by atoms with Gasteiger partial charge in [-0.3, -0.25) is 4.79 Å². The molecule has 1 aromatic heterocycles. The molecular formula is C12H17NO2. The molecule has 1 heterocycles. The highest BCUT2D eigenvalue weighted by atomic mass is 16.5. The molecule has 0 aliphatic heterocycles. The van der Waals surface area contributed by atoms with Gasteiger partial charge in [-0.1, -0.05) is 26.8 Å². The van der Waals surface area contributed by atoms with Crippen molar-refractivity contribution in [3.63, 3.8) is 0 Å². The van der Waals surface area contributed by atoms with Gasteiger partial charge in [0.2, 0.25) is 5.88 Å². The van der Waals surface area contributed by atoms with Gasteiger partial charge in [0.25, 0.3) is 0 Å². The fourth-order valence-corrected chi connectivity index (χ4v) is 1.10. The number of ketones is 1. The van der Waals surface area contributed by atoms with E-state index in [2.05, 4.69) is 4.98 Å². The van der Waals surface area contributed by atoms with Crippen LogP contribution >= 0.6 is 0 Å². The molecule has 3 nitrogen and oxygen atoms in total. The van der Waals surface area contributed by atoms with Gasteiger partial charge in [0.1, 0.15) is 5.78 Å². The SMILES string of the molecule is COc1cccc(CC(=O)C(C)(C)C)n1. The van der Waals surface area contributed by atoms with Gasteiger partial charge in [-0.15, -0.1) is 0 Å². The van der Waals surface area contributed by atoms with Crippen LogP contribution in [0.2, 0.25) is 0 Å². The first kappa shape index (κ1) is 11.7. The zero-order valence-electron chi connectivity index (χ0n) is 9.70. The number of hydrogen-bond donors (Lipinski definition) is 0. The quantitative estimate of drug-likeness (QED) is 0.763. The second-order valence-electron chi connectivity index (χ2n) is 4.52. The van der Waals surface area contributed by atoms with Gasteiger partial charge in [-0.05, 0) is 6.07 Å². The zero-order valence-corrected chi connectivity index (χ0v) is 9.70. The minimum absolute atomic E-state index is 0.184. The van der Waals surface area contributed by atoms with E-state index in [0.29, 0.717) is 12.3 Å². The van der Waals surface area contributed by atoms with Gasteiger partial charge in [-0.2, -0.15) is 0 Å². The van der Waals surface area contributed by atoms with Crippen molar-refractivity contribution in [3.05, 3.63) is 23.9 Å². The predicted molar refractivity (Wildman–Crippen MR) is 59.0 cm³/mol. The third-order valence-electron chi connectivity index (χ3n) is 2.17. The van der Waals surface area contributed by atoms with Crippen LogP contribution in [0.3, 0.4) is 0 Å². The summed E-state index contributed by atoms with van der Waals surface area (Å²) in [6.45, 7) is 5.74. The molecule has 0 atom stereocenters. The second-order valence-corrected chi connectivity index (χ2v) is 4.52. The van der Waals surface area contributed by atoms with E-state index in [0.717, 1.165) is 5.69 Å². The van der Waals surface area contributed by atoms with Crippen molar-refractivity contribution in [3.8, 4) is 5.88 Å². The molecule has 0 fully saturated rings. The number of ether oxygens (including phenoxy) is 1. The number of hydrogen-bond acceptors (Lipinski definition) is 3. The van der Waals surface area contributed by atoms with Crippen LogP contribution in [0.1, 0.15) is 26.5 Å². The highest BCUT2D eigenvalue weighted by molar-refractivity contribution is 5.85. The molecule has 82 valence electrons. The molecule has 0 spiro atoms. The third kappa shape index (κ3) is 3.35. The average Bonchev–Trinajstić information content (AvgIpc) is 2.16. The van der Waals surface area contributed by atoms with Crippen LogP contribution in [0.4, 0.5) is 0 Å². The summed E-state index contributed by atoms with van der Waals surface area (Å²) in [6, 6.07) is 5.45. The van der Waals surface area contributed by atoms with E-state index in [4.69, 9.17) is 4.74 Å². The fourth-order valence-electron chi connectivity index (χ4n) is 1.10. The van der Waals surface area contributed by atoms with E-state index >= 15 is 0 Å². The topological polar surface area (TPSA) is 39.2 Å². The number of pyridine rings is 1. The maximum absolute atomic E-state index is 11.8. The monoisotopic (exact) mass is 207 g/mol. The molecule has 0 aliphatic rings. The van der Waals surface area contributed by atoms with E-state index in [1.54, 1.807) is 13.2 Å². The third-order valence-corrected chi connectivity index (χ3v) is 2.17. The largest absolute Gasteiger partial charge is 0.481 e. The van der Waals surface area contributed by atoms with E-state index in [9.17, 15) is 4.79 Å². The first-order chi connectivity index (χ1) is 6.93. The molecule has 15 heavy (non-hydrogen) atoms. The molecule has 0 saturated heterocycles. The first-order valence-corrected chi connectivity index (χ1v) is 4.96. The maximum atomic E-state index is 11.8. The summed E-state index contributed by atoms with van der Waals surface area (Å²) in [5.41, 5.74) is 0.444. The highest BCUT2D eigenvalue weighted by Gasteiger charge is 2.21. The molecule has 0 aromatic carbocycles. The molecule has 0 bridgehead atoms. The maximum Gasteiger partial charge on any atom is 0.213 e. The molecule has 0 aliphatic carbocycles. The predicted octanol–water partition coefficient (Wildman–Crippen LogP) is 2.25. The van der Waals surface area contributed by atoms with Crippen molar-refractivity contribution in [2.24, 2.45) is 5.41 Å². The minimum atomic E-state index is -0.315. The lowest BCUT2D eigenvalue weighted by Crippen LogP contribution is -2.22. The second kappa shape index (κ2) is 4.43. The summed E-state index contributed by atoms with van der Waals surface area (Å²) in [4.78, 5) is 16.0. The van der Waals surface area contributed by atoms with Crippen LogP contribution in [0.5, 0.6) is 5.88 Å². The van der Waals surface area contributed by atoms with Crippen LogP contribution in [0, 0.1) is 5.41 Å². The van der Waals surface area contributed by atoms with Crippen molar-refractivity contribution in [1.82, 2.24) is 4.98 Å². The van der Waals surface area contributed by atoms with E-state index < -0.39 is 0 Å². The lowest BCUT2D eigenvalue weighted by atomic mass is 9.88. The number of carbonyl (C=O) groups is 1. The number of carbonyl (C=O) groups excluding carboxylic acids is 1. The van der Waals surface area contributed by atoms with Gasteiger partial charge in [-0.25, -0.2) is 4.98 Å². The van der Waals surface area contributed by atoms with Crippen LogP contribution in [0.25, 0.3) is 0 Å². The summed E-state index contributed by atoms with van der Waals surface area (Å²) in [5, 5.41) is 0. The summed E-state index contributed by atoms with van der Waals surface area (Å²) >= 11 is 0. The summed E-state index contributed by atoms with van der Waals surface area (Å²) in [5.74, 6) is 0.734. The number of nitrogens with zero attached hydrogens (tertiary/aromatic N) is 1. The lowest BCUT2D eigenvalue weighted by Gasteiger charge is -2.16. The number of Topliss-reactive ketones (excluding diaryl/α,β-unsaturated/α-hetero) is 1. The van der Waals surface area contributed by atoms with Crippen molar-refractivity contribution in [1.29, 1.82) is 0 Å². The molecule has 1 aromatic rings. The van der Waals surface area contributed by atoms with Gasteiger partial charge in [0, 0.05) is 17.9 Å². The Balaban J connectivity index is 2.77. The Morgan fingerprint density at radius 2 is 2.07 bits per heavy atom. The minimum Gasteiger partial charge on any atom is -0.481 e. The first-order valence-electron chi connectivity index (χ1n) is 4.96. The Morgan fingerprint density at radius 1 is 1.40 bits per heavy atom. The standard InChI is InChI=1S/C12H17NO2/c1-12(2,3)10(14)8-9-6-5-7-11(13-9)15-4/h5-7H,8H2,1-4H3. The van der Waals surface area contributed by atoms with Crippen molar-refractivity contribution in [2.75, 3.05) is 7.11 Å². The smallest absolute Gasteiger partial charge is 0.213 e. The van der Waals surface area contributed by atoms with E-state index in [1.807, 2.05) is 32.9 Å². The van der Waals surface area contributed by atoms with Gasteiger partial charge >= 0.3 is 0 Å². The molecule has 0 N–H and O–H groups in total. The molecule has 0 amide bonds. The Labute approximate surface area is 90.5 Å². The Hall–Kier alpha value is -1.38. The Morgan fingerprint density at radius 3 is 2.60 bits per heavy atom. The van der Waals surface area contributed by atoms with E-state index in [-0.39, 0.29) is 11.2 Å². The summed E-state index contributed by atoms with van der Waals surface area (Å²) in [6.07, 6.45) is 0.362. The van der Waals surface area contributed by atoms with Crippen LogP contribution in [0.15, 0.2) is 18.2 Å². The summed E-state index contributed by atoms with van der Waals surface area (Å²) < 4.78 is 5.00. The lowest BCUT2D eigenvalue weighted by molar-refractivity contribution is -0.125. The molecule has 0 saturated carbocycles. The molecule has 0 radical (unpaired) electrons. The fraction of sp³-hybridized carbons (Fsp3) is 0.500.